The molecule has 0 fully saturated rings. The van der Waals surface area contributed by atoms with E-state index in [1.54, 1.807) is 6.92 Å². The third-order valence-corrected chi connectivity index (χ3v) is 3.90. The highest BCUT2D eigenvalue weighted by molar-refractivity contribution is 7.89. The van der Waals surface area contributed by atoms with Crippen molar-refractivity contribution in [1.29, 1.82) is 0 Å². The number of sulfonamides is 1. The minimum Gasteiger partial charge on any atom is -0.480 e. The minimum atomic E-state index is -3.60. The van der Waals surface area contributed by atoms with E-state index in [1.165, 1.54) is 6.92 Å². The van der Waals surface area contributed by atoms with Gasteiger partial charge in [0.05, 0.1) is 18.2 Å². The predicted molar refractivity (Wildman–Crippen MR) is 70.1 cm³/mol. The van der Waals surface area contributed by atoms with E-state index >= 15 is 0 Å². The summed E-state index contributed by atoms with van der Waals surface area (Å²) in [5, 5.41) is 10.9. The maximum atomic E-state index is 11.7. The molecule has 116 valence electrons. The van der Waals surface area contributed by atoms with Gasteiger partial charge in [-0.25, -0.2) is 17.9 Å². The molecule has 0 radical (unpaired) electrons. The van der Waals surface area contributed by atoms with E-state index in [0.717, 1.165) is 0 Å². The smallest absolute Gasteiger partial charge is 0.326 e. The van der Waals surface area contributed by atoms with Gasteiger partial charge in [-0.1, -0.05) is 6.92 Å². The van der Waals surface area contributed by atoms with Gasteiger partial charge in [0, 0.05) is 0 Å². The zero-order valence-electron chi connectivity index (χ0n) is 11.3. The Hall–Kier alpha value is -1.68. The van der Waals surface area contributed by atoms with Gasteiger partial charge in [0.1, 0.15) is 6.04 Å². The van der Waals surface area contributed by atoms with Crippen molar-refractivity contribution in [2.75, 3.05) is 5.75 Å². The van der Waals surface area contributed by atoms with Crippen LogP contribution in [0.2, 0.25) is 0 Å². The summed E-state index contributed by atoms with van der Waals surface area (Å²) in [5.74, 6) is -3.31. The molecule has 0 aliphatic rings. The van der Waals surface area contributed by atoms with Gasteiger partial charge in [-0.3, -0.25) is 9.59 Å². The van der Waals surface area contributed by atoms with Crippen LogP contribution in [0.15, 0.2) is 0 Å². The number of hydrogen-bond donors (Lipinski definition) is 4. The van der Waals surface area contributed by atoms with Gasteiger partial charge in [-0.15, -0.1) is 0 Å². The number of aliphatic carboxylic acids is 1. The van der Waals surface area contributed by atoms with Crippen molar-refractivity contribution in [2.45, 2.75) is 38.8 Å². The standard InChI is InChI=1S/C10H19N3O6S/c1-3-4-20(18,19)13-6(2)9(15)12-7(10(16)17)5-8(11)14/h6-7,13H,3-5H2,1-2H3,(H2,11,14)(H,12,15)(H,16,17)/t6?,7-/m1/s1. The molecule has 20 heavy (non-hydrogen) atoms. The van der Waals surface area contributed by atoms with E-state index < -0.39 is 46.3 Å². The second-order valence-electron chi connectivity index (χ2n) is 4.23. The van der Waals surface area contributed by atoms with Crippen LogP contribution in [0.3, 0.4) is 0 Å². The van der Waals surface area contributed by atoms with E-state index in [0.29, 0.717) is 6.42 Å². The first kappa shape index (κ1) is 18.3. The molecule has 0 aliphatic carbocycles. The van der Waals surface area contributed by atoms with Gasteiger partial charge in [0.25, 0.3) is 0 Å². The average molecular weight is 309 g/mol. The highest BCUT2D eigenvalue weighted by Gasteiger charge is 2.26. The third-order valence-electron chi connectivity index (χ3n) is 2.24. The van der Waals surface area contributed by atoms with Crippen molar-refractivity contribution in [3.63, 3.8) is 0 Å². The first-order valence-electron chi connectivity index (χ1n) is 5.90. The first-order chi connectivity index (χ1) is 9.09. The van der Waals surface area contributed by atoms with Crippen LogP contribution in [-0.2, 0) is 24.4 Å². The second-order valence-corrected chi connectivity index (χ2v) is 6.10. The van der Waals surface area contributed by atoms with E-state index in [4.69, 9.17) is 10.8 Å². The summed E-state index contributed by atoms with van der Waals surface area (Å²) in [5.41, 5.74) is 4.86. The van der Waals surface area contributed by atoms with Crippen LogP contribution in [0.25, 0.3) is 0 Å². The second kappa shape index (κ2) is 7.80. The van der Waals surface area contributed by atoms with E-state index in [9.17, 15) is 22.8 Å². The lowest BCUT2D eigenvalue weighted by Crippen LogP contribution is -2.51. The van der Waals surface area contributed by atoms with Gasteiger partial charge in [0.15, 0.2) is 0 Å². The molecule has 0 saturated heterocycles. The number of hydrogen-bond acceptors (Lipinski definition) is 5. The van der Waals surface area contributed by atoms with E-state index in [2.05, 4.69) is 4.72 Å². The van der Waals surface area contributed by atoms with Gasteiger partial charge >= 0.3 is 5.97 Å². The summed E-state index contributed by atoms with van der Waals surface area (Å²) in [6, 6.07) is -2.64. The molecular formula is C10H19N3O6S. The number of amides is 2. The van der Waals surface area contributed by atoms with Crippen LogP contribution in [-0.4, -0.2) is 49.1 Å². The Balaban J connectivity index is 4.65. The fraction of sp³-hybridized carbons (Fsp3) is 0.700. The Morgan fingerprint density at radius 1 is 1.30 bits per heavy atom. The van der Waals surface area contributed by atoms with Gasteiger partial charge in [-0.05, 0) is 13.3 Å². The predicted octanol–water partition coefficient (Wildman–Crippen LogP) is -1.85. The molecule has 0 heterocycles. The Morgan fingerprint density at radius 2 is 1.85 bits per heavy atom. The molecule has 10 heteroatoms. The zero-order chi connectivity index (χ0) is 15.9. The minimum absolute atomic E-state index is 0.145. The summed E-state index contributed by atoms with van der Waals surface area (Å²) in [7, 11) is -3.60. The summed E-state index contributed by atoms with van der Waals surface area (Å²) in [6.45, 7) is 2.93. The summed E-state index contributed by atoms with van der Waals surface area (Å²) in [4.78, 5) is 33.2. The monoisotopic (exact) mass is 309 g/mol. The first-order valence-corrected chi connectivity index (χ1v) is 7.55. The Bertz CT molecular complexity index is 475. The molecule has 0 aromatic rings. The molecule has 1 unspecified atom stereocenters. The molecule has 0 bridgehead atoms. The maximum Gasteiger partial charge on any atom is 0.326 e. The number of rotatable bonds is 9. The van der Waals surface area contributed by atoms with E-state index in [-0.39, 0.29) is 5.75 Å². The molecular weight excluding hydrogens is 290 g/mol. The van der Waals surface area contributed by atoms with Crippen molar-refractivity contribution in [3.05, 3.63) is 0 Å². The number of primary amides is 1. The highest BCUT2D eigenvalue weighted by atomic mass is 32.2. The van der Waals surface area contributed by atoms with Crippen LogP contribution in [0.4, 0.5) is 0 Å². The lowest BCUT2D eigenvalue weighted by Gasteiger charge is -2.17. The van der Waals surface area contributed by atoms with Crippen molar-refractivity contribution in [3.8, 4) is 0 Å². The molecule has 0 rings (SSSR count). The summed E-state index contributed by atoms with van der Waals surface area (Å²) >= 11 is 0. The average Bonchev–Trinajstić information content (AvgIpc) is 2.26. The lowest BCUT2D eigenvalue weighted by molar-refractivity contribution is -0.143. The molecule has 0 saturated carbocycles. The molecule has 0 spiro atoms. The topological polar surface area (TPSA) is 156 Å². The summed E-state index contributed by atoms with van der Waals surface area (Å²) < 4.78 is 25.0. The fourth-order valence-corrected chi connectivity index (χ4v) is 2.65. The maximum absolute atomic E-state index is 11.7. The normalized spacial score (nSPS) is 14.3. The van der Waals surface area contributed by atoms with Crippen LogP contribution in [0.5, 0.6) is 0 Å². The number of carbonyl (C=O) groups is 3. The van der Waals surface area contributed by atoms with Crippen LogP contribution < -0.4 is 15.8 Å². The Morgan fingerprint density at radius 3 is 2.25 bits per heavy atom. The number of carboxylic acid groups (broad SMARTS) is 1. The number of nitrogens with one attached hydrogen (secondary N) is 2. The van der Waals surface area contributed by atoms with Crippen molar-refractivity contribution in [1.82, 2.24) is 10.0 Å². The molecule has 2 amide bonds. The van der Waals surface area contributed by atoms with Crippen LogP contribution >= 0.6 is 0 Å². The summed E-state index contributed by atoms with van der Waals surface area (Å²) in [6.07, 6.45) is -0.196. The molecule has 2 atom stereocenters. The number of nitrogens with two attached hydrogens (primary N) is 1. The molecule has 0 aromatic carbocycles. The molecule has 5 N–H and O–H groups in total. The van der Waals surface area contributed by atoms with Crippen LogP contribution in [0.1, 0.15) is 26.7 Å². The van der Waals surface area contributed by atoms with Gasteiger partial charge < -0.3 is 16.2 Å². The van der Waals surface area contributed by atoms with E-state index in [1.807, 2.05) is 5.32 Å². The van der Waals surface area contributed by atoms with Crippen LogP contribution in [0, 0.1) is 0 Å². The zero-order valence-corrected chi connectivity index (χ0v) is 12.1. The molecule has 0 aliphatic heterocycles. The van der Waals surface area contributed by atoms with Crippen molar-refractivity contribution < 1.29 is 27.9 Å². The van der Waals surface area contributed by atoms with Gasteiger partial charge in [0.2, 0.25) is 21.8 Å². The largest absolute Gasteiger partial charge is 0.480 e. The fourth-order valence-electron chi connectivity index (χ4n) is 1.35. The Labute approximate surface area is 117 Å². The number of carboxylic acids is 1. The quantitative estimate of drug-likeness (QED) is 0.391. The molecule has 0 aromatic heterocycles. The van der Waals surface area contributed by atoms with Crippen molar-refractivity contribution >= 4 is 27.8 Å². The Kier molecular flexibility index (Phi) is 7.14. The molecule has 9 nitrogen and oxygen atoms in total. The highest BCUT2D eigenvalue weighted by Crippen LogP contribution is 1.96. The third kappa shape index (κ3) is 7.04. The number of carbonyl (C=O) groups excluding carboxylic acids is 2. The van der Waals surface area contributed by atoms with Crippen molar-refractivity contribution in [2.24, 2.45) is 5.73 Å². The lowest BCUT2D eigenvalue weighted by atomic mass is 10.2. The van der Waals surface area contributed by atoms with Gasteiger partial charge in [-0.2, -0.15) is 0 Å². The SMILES string of the molecule is CCCS(=O)(=O)NC(C)C(=O)N[C@H](CC(N)=O)C(=O)O.